The van der Waals surface area contributed by atoms with Crippen molar-refractivity contribution in [3.8, 4) is 0 Å². The zero-order chi connectivity index (χ0) is 13.9. The summed E-state index contributed by atoms with van der Waals surface area (Å²) in [5, 5.41) is 0. The summed E-state index contributed by atoms with van der Waals surface area (Å²) in [5.41, 5.74) is 3.60. The molecule has 0 aliphatic heterocycles. The van der Waals surface area contributed by atoms with E-state index in [1.165, 1.54) is 11.1 Å². The number of hydrogen-bond acceptors (Lipinski definition) is 1. The molecule has 1 aromatic heterocycles. The molecule has 0 atom stereocenters. The molecule has 0 fully saturated rings. The van der Waals surface area contributed by atoms with Crippen LogP contribution in [0, 0.1) is 6.92 Å². The minimum atomic E-state index is 0.177. The van der Waals surface area contributed by atoms with Gasteiger partial charge in [0.1, 0.15) is 5.82 Å². The van der Waals surface area contributed by atoms with Crippen molar-refractivity contribution in [2.45, 2.75) is 12.8 Å². The van der Waals surface area contributed by atoms with Crippen LogP contribution in [0.4, 0.5) is 0 Å². The third-order valence-electron chi connectivity index (χ3n) is 3.56. The first-order valence-corrected chi connectivity index (χ1v) is 6.85. The second kappa shape index (κ2) is 5.33. The van der Waals surface area contributed by atoms with Crippen LogP contribution in [-0.2, 0) is 7.05 Å². The van der Waals surface area contributed by atoms with Crippen molar-refractivity contribution in [1.82, 2.24) is 9.55 Å². The Balaban J connectivity index is 2.16. The molecule has 0 spiro atoms. The van der Waals surface area contributed by atoms with Gasteiger partial charge in [-0.05, 0) is 18.1 Å². The van der Waals surface area contributed by atoms with Crippen molar-refractivity contribution in [2.24, 2.45) is 7.05 Å². The van der Waals surface area contributed by atoms with E-state index in [4.69, 9.17) is 4.98 Å². The number of imidazole rings is 1. The van der Waals surface area contributed by atoms with Crippen LogP contribution in [0.5, 0.6) is 0 Å². The lowest BCUT2D eigenvalue weighted by Gasteiger charge is -2.17. The summed E-state index contributed by atoms with van der Waals surface area (Å²) in [6, 6.07) is 21.1. The van der Waals surface area contributed by atoms with Gasteiger partial charge in [0.25, 0.3) is 0 Å². The highest BCUT2D eigenvalue weighted by molar-refractivity contribution is 5.38. The fourth-order valence-corrected chi connectivity index (χ4v) is 2.68. The van der Waals surface area contributed by atoms with E-state index in [9.17, 15) is 0 Å². The van der Waals surface area contributed by atoms with Gasteiger partial charge in [-0.2, -0.15) is 0 Å². The molecular weight excluding hydrogens is 244 g/mol. The fraction of sp³-hybridized carbons (Fsp3) is 0.167. The Morgan fingerprint density at radius 3 is 1.75 bits per heavy atom. The maximum atomic E-state index is 4.73. The van der Waals surface area contributed by atoms with Crippen LogP contribution in [0.2, 0.25) is 0 Å². The maximum Gasteiger partial charge on any atom is 0.120 e. The van der Waals surface area contributed by atoms with Crippen molar-refractivity contribution >= 4 is 0 Å². The molecule has 0 aliphatic carbocycles. The van der Waals surface area contributed by atoms with Gasteiger partial charge in [-0.3, -0.25) is 0 Å². The van der Waals surface area contributed by atoms with Gasteiger partial charge in [0.2, 0.25) is 0 Å². The number of rotatable bonds is 3. The second-order valence-corrected chi connectivity index (χ2v) is 5.11. The zero-order valence-electron chi connectivity index (χ0n) is 11.8. The Bertz CT molecular complexity index is 644. The SMILES string of the molecule is Cc1cn(C)c(C(c2ccccc2)c2ccccc2)n1. The second-order valence-electron chi connectivity index (χ2n) is 5.11. The molecule has 2 aromatic carbocycles. The van der Waals surface area contributed by atoms with Gasteiger partial charge in [0.05, 0.1) is 11.6 Å². The first-order chi connectivity index (χ1) is 9.75. The number of benzene rings is 2. The molecule has 0 radical (unpaired) electrons. The van der Waals surface area contributed by atoms with E-state index in [1.54, 1.807) is 0 Å². The average Bonchev–Trinajstić information content (AvgIpc) is 2.80. The molecule has 1 heterocycles. The van der Waals surface area contributed by atoms with Gasteiger partial charge in [-0.15, -0.1) is 0 Å². The summed E-state index contributed by atoms with van der Waals surface area (Å²) in [4.78, 5) is 4.73. The van der Waals surface area contributed by atoms with Gasteiger partial charge in [0.15, 0.2) is 0 Å². The van der Waals surface area contributed by atoms with Crippen LogP contribution >= 0.6 is 0 Å². The molecular formula is C18H18N2. The fourth-order valence-electron chi connectivity index (χ4n) is 2.68. The Hall–Kier alpha value is -2.35. The topological polar surface area (TPSA) is 17.8 Å². The number of aryl methyl sites for hydroxylation is 2. The normalized spacial score (nSPS) is 10.9. The van der Waals surface area contributed by atoms with Crippen molar-refractivity contribution in [3.05, 3.63) is 89.5 Å². The maximum absolute atomic E-state index is 4.73. The summed E-state index contributed by atoms with van der Waals surface area (Å²) in [6.07, 6.45) is 2.08. The minimum absolute atomic E-state index is 0.177. The van der Waals surface area contributed by atoms with E-state index in [0.717, 1.165) is 11.5 Å². The minimum Gasteiger partial charge on any atom is -0.337 e. The molecule has 100 valence electrons. The van der Waals surface area contributed by atoms with Crippen LogP contribution in [0.1, 0.15) is 28.6 Å². The first-order valence-electron chi connectivity index (χ1n) is 6.85. The summed E-state index contributed by atoms with van der Waals surface area (Å²) >= 11 is 0. The lowest BCUT2D eigenvalue weighted by Crippen LogP contribution is -2.09. The molecule has 2 heteroatoms. The Kier molecular flexibility index (Phi) is 3.38. The van der Waals surface area contributed by atoms with E-state index in [0.29, 0.717) is 0 Å². The Labute approximate surface area is 119 Å². The highest BCUT2D eigenvalue weighted by Crippen LogP contribution is 2.30. The Morgan fingerprint density at radius 2 is 1.35 bits per heavy atom. The van der Waals surface area contributed by atoms with Crippen LogP contribution in [0.15, 0.2) is 66.9 Å². The highest BCUT2D eigenvalue weighted by Gasteiger charge is 2.20. The third-order valence-corrected chi connectivity index (χ3v) is 3.56. The Morgan fingerprint density at radius 1 is 0.850 bits per heavy atom. The molecule has 20 heavy (non-hydrogen) atoms. The molecule has 0 N–H and O–H groups in total. The summed E-state index contributed by atoms with van der Waals surface area (Å²) in [5.74, 6) is 1.26. The van der Waals surface area contributed by atoms with E-state index >= 15 is 0 Å². The summed E-state index contributed by atoms with van der Waals surface area (Å²) in [7, 11) is 2.06. The smallest absolute Gasteiger partial charge is 0.120 e. The molecule has 2 nitrogen and oxygen atoms in total. The van der Waals surface area contributed by atoms with Gasteiger partial charge in [0, 0.05) is 13.2 Å². The van der Waals surface area contributed by atoms with Gasteiger partial charge < -0.3 is 4.57 Å². The lowest BCUT2D eigenvalue weighted by atomic mass is 9.90. The zero-order valence-corrected chi connectivity index (χ0v) is 11.8. The van der Waals surface area contributed by atoms with Gasteiger partial charge >= 0.3 is 0 Å². The highest BCUT2D eigenvalue weighted by atomic mass is 15.0. The lowest BCUT2D eigenvalue weighted by molar-refractivity contribution is 0.763. The standard InChI is InChI=1S/C18H18N2/c1-14-13-20(2)18(19-14)17(15-9-5-3-6-10-15)16-11-7-4-8-12-16/h3-13,17H,1-2H3. The molecule has 0 saturated carbocycles. The largest absolute Gasteiger partial charge is 0.337 e. The van der Waals surface area contributed by atoms with Crippen LogP contribution in [0.25, 0.3) is 0 Å². The molecule has 0 bridgehead atoms. The molecule has 0 unspecified atom stereocenters. The monoisotopic (exact) mass is 262 g/mol. The van der Waals surface area contributed by atoms with Crippen molar-refractivity contribution in [1.29, 1.82) is 0 Å². The van der Waals surface area contributed by atoms with E-state index in [-0.39, 0.29) is 5.92 Å². The van der Waals surface area contributed by atoms with Crippen LogP contribution in [-0.4, -0.2) is 9.55 Å². The first kappa shape index (κ1) is 12.7. The van der Waals surface area contributed by atoms with Crippen molar-refractivity contribution in [3.63, 3.8) is 0 Å². The van der Waals surface area contributed by atoms with Gasteiger partial charge in [-0.1, -0.05) is 60.7 Å². The summed E-state index contributed by atoms with van der Waals surface area (Å²) in [6.45, 7) is 2.04. The molecule has 3 aromatic rings. The average molecular weight is 262 g/mol. The number of hydrogen-bond donors (Lipinski definition) is 0. The summed E-state index contributed by atoms with van der Waals surface area (Å²) < 4.78 is 2.12. The molecule has 3 rings (SSSR count). The van der Waals surface area contributed by atoms with E-state index in [1.807, 2.05) is 6.92 Å². The van der Waals surface area contributed by atoms with Crippen LogP contribution in [0.3, 0.4) is 0 Å². The van der Waals surface area contributed by atoms with Gasteiger partial charge in [-0.25, -0.2) is 4.98 Å². The quantitative estimate of drug-likeness (QED) is 0.699. The molecule has 0 amide bonds. The van der Waals surface area contributed by atoms with Crippen LogP contribution < -0.4 is 0 Å². The third kappa shape index (κ3) is 2.37. The predicted molar refractivity (Wildman–Crippen MR) is 81.8 cm³/mol. The van der Waals surface area contributed by atoms with E-state index < -0.39 is 0 Å². The van der Waals surface area contributed by atoms with E-state index in [2.05, 4.69) is 78.5 Å². The van der Waals surface area contributed by atoms with Crippen molar-refractivity contribution in [2.75, 3.05) is 0 Å². The number of nitrogens with zero attached hydrogens (tertiary/aromatic N) is 2. The number of aromatic nitrogens is 2. The predicted octanol–water partition coefficient (Wildman–Crippen LogP) is 3.91. The van der Waals surface area contributed by atoms with Crippen molar-refractivity contribution < 1.29 is 0 Å². The molecule has 0 saturated heterocycles. The molecule has 0 aliphatic rings.